The van der Waals surface area contributed by atoms with Gasteiger partial charge < -0.3 is 10.1 Å². The normalized spacial score (nSPS) is 18.5. The topological polar surface area (TPSA) is 66.0 Å². The summed E-state index contributed by atoms with van der Waals surface area (Å²) in [6, 6.07) is 0. The molecular weight excluding hydrogens is 216 g/mol. The minimum atomic E-state index is -0.153. The van der Waals surface area contributed by atoms with Gasteiger partial charge in [0.15, 0.2) is 0 Å². The predicted octanol–water partition coefficient (Wildman–Crippen LogP) is 2.65. The van der Waals surface area contributed by atoms with E-state index in [0.717, 1.165) is 32.1 Å². The summed E-state index contributed by atoms with van der Waals surface area (Å²) in [5.74, 6) is 0.899. The number of hydrogen-bond acceptors (Lipinski definition) is 3. The van der Waals surface area contributed by atoms with Crippen LogP contribution in [0.2, 0.25) is 0 Å². The molecule has 0 radical (unpaired) electrons. The first-order valence-corrected chi connectivity index (χ1v) is 6.46. The van der Waals surface area contributed by atoms with E-state index >= 15 is 0 Å². The highest BCUT2D eigenvalue weighted by Crippen LogP contribution is 2.35. The van der Waals surface area contributed by atoms with Crippen molar-refractivity contribution < 1.29 is 5.11 Å². The largest absolute Gasteiger partial charge is 0.493 e. The lowest BCUT2D eigenvalue weighted by molar-refractivity contribution is 0.428. The zero-order valence-corrected chi connectivity index (χ0v) is 10.5. The Bertz CT molecular complexity index is 447. The van der Waals surface area contributed by atoms with Crippen LogP contribution in [0.5, 0.6) is 5.88 Å². The summed E-state index contributed by atoms with van der Waals surface area (Å²) < 4.78 is 0. The van der Waals surface area contributed by atoms with E-state index < -0.39 is 0 Å². The van der Waals surface area contributed by atoms with E-state index in [9.17, 15) is 9.90 Å². The van der Waals surface area contributed by atoms with Crippen molar-refractivity contribution in [3.05, 3.63) is 21.7 Å². The third-order valence-corrected chi connectivity index (χ3v) is 3.80. The highest BCUT2D eigenvalue weighted by Gasteiger charge is 2.25. The fraction of sp³-hybridized carbons (Fsp3) is 0.692. The highest BCUT2D eigenvalue weighted by molar-refractivity contribution is 5.28. The Labute approximate surface area is 101 Å². The highest BCUT2D eigenvalue weighted by atomic mass is 16.3. The predicted molar refractivity (Wildman–Crippen MR) is 66.4 cm³/mol. The summed E-state index contributed by atoms with van der Waals surface area (Å²) in [6.45, 7) is 4.03. The summed E-state index contributed by atoms with van der Waals surface area (Å²) in [7, 11) is 0. The third kappa shape index (κ3) is 2.35. The average molecular weight is 236 g/mol. The van der Waals surface area contributed by atoms with Crippen molar-refractivity contribution in [1.29, 1.82) is 0 Å². The van der Waals surface area contributed by atoms with Crippen LogP contribution in [0.1, 0.15) is 69.2 Å². The van der Waals surface area contributed by atoms with Crippen LogP contribution < -0.4 is 5.56 Å². The molecule has 0 amide bonds. The molecule has 2 rings (SSSR count). The monoisotopic (exact) mass is 236 g/mol. The fourth-order valence-electron chi connectivity index (χ4n) is 2.50. The number of nitrogens with one attached hydrogen (secondary N) is 1. The molecule has 0 saturated heterocycles. The minimum Gasteiger partial charge on any atom is -0.493 e. The number of hydrogen-bond donors (Lipinski definition) is 2. The van der Waals surface area contributed by atoms with Gasteiger partial charge in [0, 0.05) is 5.92 Å². The first kappa shape index (κ1) is 12.1. The Morgan fingerprint density at radius 2 is 2.12 bits per heavy atom. The van der Waals surface area contributed by atoms with Gasteiger partial charge in [-0.3, -0.25) is 4.79 Å². The van der Waals surface area contributed by atoms with Crippen LogP contribution in [0.15, 0.2) is 4.79 Å². The molecule has 2 N–H and O–H groups in total. The maximum Gasteiger partial charge on any atom is 0.258 e. The van der Waals surface area contributed by atoms with Crippen molar-refractivity contribution in [2.75, 3.05) is 0 Å². The molecule has 1 saturated carbocycles. The van der Waals surface area contributed by atoms with Crippen molar-refractivity contribution in [2.45, 2.75) is 57.8 Å². The van der Waals surface area contributed by atoms with Gasteiger partial charge in [0.2, 0.25) is 5.88 Å². The second-order valence-electron chi connectivity index (χ2n) is 4.98. The van der Waals surface area contributed by atoms with Crippen molar-refractivity contribution in [3.8, 4) is 5.88 Å². The van der Waals surface area contributed by atoms with Crippen LogP contribution in [-0.4, -0.2) is 15.1 Å². The second kappa shape index (κ2) is 4.90. The van der Waals surface area contributed by atoms with E-state index in [-0.39, 0.29) is 23.3 Å². The van der Waals surface area contributed by atoms with Gasteiger partial charge in [-0.2, -0.15) is 4.98 Å². The molecule has 4 heteroatoms. The summed E-state index contributed by atoms with van der Waals surface area (Å²) in [5.41, 5.74) is 0.342. The molecular formula is C13H20N2O2. The molecule has 0 spiro atoms. The van der Waals surface area contributed by atoms with E-state index in [0.29, 0.717) is 11.4 Å². The van der Waals surface area contributed by atoms with Crippen molar-refractivity contribution in [3.63, 3.8) is 0 Å². The molecule has 1 heterocycles. The molecule has 1 fully saturated rings. The standard InChI is InChI=1S/C13H20N2O2/c1-3-8(2)11-14-12(16)10(13(17)15-11)9-6-4-5-7-9/h8-9H,3-7H2,1-2H3,(H2,14,15,16,17). The van der Waals surface area contributed by atoms with Crippen molar-refractivity contribution >= 4 is 0 Å². The molecule has 0 aromatic carbocycles. The van der Waals surface area contributed by atoms with E-state index in [1.54, 1.807) is 0 Å². The smallest absolute Gasteiger partial charge is 0.258 e. The first-order valence-electron chi connectivity index (χ1n) is 6.46. The Morgan fingerprint density at radius 3 is 2.65 bits per heavy atom. The van der Waals surface area contributed by atoms with Crippen LogP contribution in [0.25, 0.3) is 0 Å². The number of H-pyrrole nitrogens is 1. The maximum absolute atomic E-state index is 12.0. The summed E-state index contributed by atoms with van der Waals surface area (Å²) >= 11 is 0. The van der Waals surface area contributed by atoms with Crippen LogP contribution in [0, 0.1) is 0 Å². The van der Waals surface area contributed by atoms with E-state index in [1.807, 2.05) is 13.8 Å². The van der Waals surface area contributed by atoms with Gasteiger partial charge in [-0.25, -0.2) is 0 Å². The van der Waals surface area contributed by atoms with Gasteiger partial charge in [0.25, 0.3) is 5.56 Å². The van der Waals surface area contributed by atoms with Gasteiger partial charge in [-0.1, -0.05) is 26.7 Å². The van der Waals surface area contributed by atoms with Crippen LogP contribution in [-0.2, 0) is 0 Å². The molecule has 94 valence electrons. The van der Waals surface area contributed by atoms with E-state index in [2.05, 4.69) is 9.97 Å². The Hall–Kier alpha value is -1.32. The fourth-order valence-corrected chi connectivity index (χ4v) is 2.50. The van der Waals surface area contributed by atoms with E-state index in [4.69, 9.17) is 0 Å². The van der Waals surface area contributed by atoms with Gasteiger partial charge in [-0.05, 0) is 25.2 Å². The molecule has 0 aliphatic heterocycles. The quantitative estimate of drug-likeness (QED) is 0.847. The number of rotatable bonds is 3. The zero-order valence-electron chi connectivity index (χ0n) is 10.5. The van der Waals surface area contributed by atoms with Crippen molar-refractivity contribution in [1.82, 2.24) is 9.97 Å². The molecule has 1 aliphatic rings. The second-order valence-corrected chi connectivity index (χ2v) is 4.98. The molecule has 1 unspecified atom stereocenters. The number of aromatic nitrogens is 2. The van der Waals surface area contributed by atoms with Crippen molar-refractivity contribution in [2.24, 2.45) is 0 Å². The lowest BCUT2D eigenvalue weighted by atomic mass is 9.99. The molecule has 1 atom stereocenters. The van der Waals surface area contributed by atoms with Gasteiger partial charge in [0.1, 0.15) is 5.82 Å². The van der Waals surface area contributed by atoms with Crippen LogP contribution in [0.4, 0.5) is 0 Å². The average Bonchev–Trinajstić information content (AvgIpc) is 2.80. The zero-order chi connectivity index (χ0) is 12.4. The Morgan fingerprint density at radius 1 is 1.47 bits per heavy atom. The van der Waals surface area contributed by atoms with Gasteiger partial charge in [-0.15, -0.1) is 0 Å². The summed E-state index contributed by atoms with van der Waals surface area (Å²) in [5, 5.41) is 9.95. The lowest BCUT2D eigenvalue weighted by Gasteiger charge is -2.13. The Balaban J connectivity index is 2.38. The lowest BCUT2D eigenvalue weighted by Crippen LogP contribution is -2.19. The summed E-state index contributed by atoms with van der Waals surface area (Å²) in [6.07, 6.45) is 5.14. The first-order chi connectivity index (χ1) is 8.13. The van der Waals surface area contributed by atoms with E-state index in [1.165, 1.54) is 0 Å². The molecule has 17 heavy (non-hydrogen) atoms. The van der Waals surface area contributed by atoms with Gasteiger partial charge in [0.05, 0.1) is 5.56 Å². The third-order valence-electron chi connectivity index (χ3n) is 3.80. The van der Waals surface area contributed by atoms with Gasteiger partial charge >= 0.3 is 0 Å². The minimum absolute atomic E-state index is 0.0593. The van der Waals surface area contributed by atoms with Crippen LogP contribution in [0.3, 0.4) is 0 Å². The molecule has 1 aromatic rings. The van der Waals surface area contributed by atoms with Crippen LogP contribution >= 0.6 is 0 Å². The SMILES string of the molecule is CCC(C)c1nc(O)c(C2CCCC2)c(=O)[nH]1. The number of aromatic amines is 1. The number of nitrogens with zero attached hydrogens (tertiary/aromatic N) is 1. The molecule has 0 bridgehead atoms. The maximum atomic E-state index is 12.0. The molecule has 1 aliphatic carbocycles. The molecule has 4 nitrogen and oxygen atoms in total. The number of aromatic hydroxyl groups is 1. The Kier molecular flexibility index (Phi) is 3.50. The summed E-state index contributed by atoms with van der Waals surface area (Å²) in [4.78, 5) is 19.0. The molecule has 1 aromatic heterocycles.